The molecule has 8 heteroatoms. The number of carbonyl (C=O) groups excluding carboxylic acids is 2. The summed E-state index contributed by atoms with van der Waals surface area (Å²) in [5, 5.41) is 13.4. The van der Waals surface area contributed by atoms with E-state index in [2.05, 4.69) is 12.2 Å². The molecule has 7 nitrogen and oxygen atoms in total. The molecule has 3 aromatic rings. The van der Waals surface area contributed by atoms with Crippen LogP contribution in [0.4, 0.5) is 17.1 Å². The second-order valence-corrected chi connectivity index (χ2v) is 8.40. The highest BCUT2D eigenvalue weighted by atomic mass is 32.2. The van der Waals surface area contributed by atoms with E-state index in [4.69, 9.17) is 0 Å². The summed E-state index contributed by atoms with van der Waals surface area (Å²) in [5.41, 5.74) is 3.93. The van der Waals surface area contributed by atoms with Gasteiger partial charge in [0.1, 0.15) is 5.37 Å². The smallest absolute Gasteiger partial charge is 0.269 e. The molecule has 162 valence electrons. The molecule has 32 heavy (non-hydrogen) atoms. The van der Waals surface area contributed by atoms with Crippen LogP contribution in [0, 0.1) is 10.1 Å². The molecule has 1 fully saturated rings. The molecule has 1 saturated heterocycles. The van der Waals surface area contributed by atoms with E-state index < -0.39 is 4.92 Å². The van der Waals surface area contributed by atoms with E-state index >= 15 is 0 Å². The molecular weight excluding hydrogens is 426 g/mol. The van der Waals surface area contributed by atoms with Gasteiger partial charge in [-0.1, -0.05) is 31.2 Å². The summed E-state index contributed by atoms with van der Waals surface area (Å²) < 4.78 is 0. The van der Waals surface area contributed by atoms with Gasteiger partial charge in [-0.15, -0.1) is 11.8 Å². The van der Waals surface area contributed by atoms with E-state index in [0.717, 1.165) is 17.7 Å². The summed E-state index contributed by atoms with van der Waals surface area (Å²) in [5.74, 6) is 0.134. The quantitative estimate of drug-likeness (QED) is 0.415. The van der Waals surface area contributed by atoms with Crippen molar-refractivity contribution in [1.82, 2.24) is 0 Å². The summed E-state index contributed by atoms with van der Waals surface area (Å²) in [6, 6.07) is 20.9. The Bertz CT molecular complexity index is 1150. The van der Waals surface area contributed by atoms with Gasteiger partial charge in [0.05, 0.1) is 10.7 Å². The Kier molecular flexibility index (Phi) is 6.23. The van der Waals surface area contributed by atoms with Crippen LogP contribution in [-0.4, -0.2) is 22.5 Å². The van der Waals surface area contributed by atoms with Crippen molar-refractivity contribution in [1.29, 1.82) is 0 Å². The molecule has 1 heterocycles. The third-order valence-corrected chi connectivity index (χ3v) is 6.50. The molecule has 4 rings (SSSR count). The maximum absolute atomic E-state index is 12.6. The minimum atomic E-state index is -0.506. The van der Waals surface area contributed by atoms with Crippen LogP contribution in [0.25, 0.3) is 0 Å². The van der Waals surface area contributed by atoms with E-state index in [1.807, 2.05) is 41.3 Å². The number of benzene rings is 3. The van der Waals surface area contributed by atoms with Gasteiger partial charge in [0.15, 0.2) is 0 Å². The lowest BCUT2D eigenvalue weighted by atomic mass is 10.1. The first-order valence-electron chi connectivity index (χ1n) is 10.1. The normalized spacial score (nSPS) is 15.6. The second-order valence-electron chi connectivity index (χ2n) is 7.33. The number of nitro groups is 1. The van der Waals surface area contributed by atoms with Crippen molar-refractivity contribution in [3.8, 4) is 0 Å². The fourth-order valence-corrected chi connectivity index (χ4v) is 4.69. The zero-order chi connectivity index (χ0) is 22.7. The molecule has 0 aliphatic carbocycles. The van der Waals surface area contributed by atoms with E-state index in [1.54, 1.807) is 23.9 Å². The lowest BCUT2D eigenvalue weighted by Gasteiger charge is -2.24. The first kappa shape index (κ1) is 21.6. The molecule has 1 aliphatic heterocycles. The number of nitro benzene ring substituents is 1. The Morgan fingerprint density at radius 3 is 2.31 bits per heavy atom. The van der Waals surface area contributed by atoms with Crippen LogP contribution in [0.15, 0.2) is 72.8 Å². The number of hydrogen-bond donors (Lipinski definition) is 1. The zero-order valence-corrected chi connectivity index (χ0v) is 18.2. The van der Waals surface area contributed by atoms with Crippen molar-refractivity contribution < 1.29 is 14.5 Å². The molecule has 0 saturated carbocycles. The maximum atomic E-state index is 12.6. The predicted octanol–water partition coefficient (Wildman–Crippen LogP) is 5.19. The van der Waals surface area contributed by atoms with Crippen LogP contribution in [0.2, 0.25) is 0 Å². The SMILES string of the molecule is CCc1ccc(N2C(=O)CSC2c2ccc(NC(=O)c3ccc([N+](=O)[O-])cc3)cc2)cc1. The van der Waals surface area contributed by atoms with Gasteiger partial charge < -0.3 is 5.32 Å². The fourth-order valence-electron chi connectivity index (χ4n) is 3.51. The van der Waals surface area contributed by atoms with Crippen molar-refractivity contribution in [3.05, 3.63) is 99.6 Å². The number of hydrogen-bond acceptors (Lipinski definition) is 5. The number of aryl methyl sites for hydroxylation is 1. The highest BCUT2D eigenvalue weighted by molar-refractivity contribution is 8.00. The standard InChI is InChI=1S/C24H21N3O4S/c1-2-16-3-11-20(12-4-16)26-22(28)15-32-24(26)18-5-9-19(10-6-18)25-23(29)17-7-13-21(14-8-17)27(30)31/h3-14,24H,2,15H2,1H3,(H,25,29). The summed E-state index contributed by atoms with van der Waals surface area (Å²) in [7, 11) is 0. The summed E-state index contributed by atoms with van der Waals surface area (Å²) >= 11 is 1.57. The number of amides is 2. The average molecular weight is 448 g/mol. The Hall–Kier alpha value is -3.65. The van der Waals surface area contributed by atoms with E-state index in [-0.39, 0.29) is 22.9 Å². The molecule has 1 aliphatic rings. The van der Waals surface area contributed by atoms with Crippen LogP contribution < -0.4 is 10.2 Å². The Morgan fingerprint density at radius 2 is 1.72 bits per heavy atom. The van der Waals surface area contributed by atoms with Gasteiger partial charge in [0, 0.05) is 29.1 Å². The summed E-state index contributed by atoms with van der Waals surface area (Å²) in [4.78, 5) is 37.0. The molecule has 1 N–H and O–H groups in total. The van der Waals surface area contributed by atoms with Crippen LogP contribution in [0.5, 0.6) is 0 Å². The molecule has 1 atom stereocenters. The monoisotopic (exact) mass is 447 g/mol. The zero-order valence-electron chi connectivity index (χ0n) is 17.4. The largest absolute Gasteiger partial charge is 0.322 e. The second kappa shape index (κ2) is 9.23. The lowest BCUT2D eigenvalue weighted by molar-refractivity contribution is -0.384. The van der Waals surface area contributed by atoms with Gasteiger partial charge in [-0.3, -0.25) is 24.6 Å². The number of thioether (sulfide) groups is 1. The van der Waals surface area contributed by atoms with Crippen molar-refractivity contribution in [2.75, 3.05) is 16.0 Å². The number of anilines is 2. The first-order chi connectivity index (χ1) is 15.5. The third-order valence-electron chi connectivity index (χ3n) is 5.28. The first-order valence-corrected chi connectivity index (χ1v) is 11.2. The Morgan fingerprint density at radius 1 is 1.06 bits per heavy atom. The molecule has 0 bridgehead atoms. The third kappa shape index (κ3) is 4.50. The molecule has 1 unspecified atom stereocenters. The number of carbonyl (C=O) groups is 2. The average Bonchev–Trinajstić information content (AvgIpc) is 3.21. The molecule has 0 aromatic heterocycles. The molecular formula is C24H21N3O4S. The van der Waals surface area contributed by atoms with E-state index in [1.165, 1.54) is 29.8 Å². The van der Waals surface area contributed by atoms with Gasteiger partial charge in [0.25, 0.3) is 11.6 Å². The molecule has 0 radical (unpaired) electrons. The van der Waals surface area contributed by atoms with Crippen LogP contribution in [0.1, 0.15) is 33.8 Å². The lowest BCUT2D eigenvalue weighted by Crippen LogP contribution is -2.27. The fraction of sp³-hybridized carbons (Fsp3) is 0.167. The highest BCUT2D eigenvalue weighted by Gasteiger charge is 2.34. The van der Waals surface area contributed by atoms with Crippen LogP contribution in [0.3, 0.4) is 0 Å². The van der Waals surface area contributed by atoms with Crippen LogP contribution >= 0.6 is 11.8 Å². The van der Waals surface area contributed by atoms with Gasteiger partial charge in [-0.05, 0) is 53.9 Å². The van der Waals surface area contributed by atoms with E-state index in [9.17, 15) is 19.7 Å². The van der Waals surface area contributed by atoms with Gasteiger partial charge >= 0.3 is 0 Å². The van der Waals surface area contributed by atoms with Crippen molar-refractivity contribution in [3.63, 3.8) is 0 Å². The van der Waals surface area contributed by atoms with Gasteiger partial charge in [-0.2, -0.15) is 0 Å². The minimum Gasteiger partial charge on any atom is -0.322 e. The van der Waals surface area contributed by atoms with Crippen molar-refractivity contribution in [2.45, 2.75) is 18.7 Å². The predicted molar refractivity (Wildman–Crippen MR) is 126 cm³/mol. The van der Waals surface area contributed by atoms with Crippen molar-refractivity contribution >= 4 is 40.6 Å². The highest BCUT2D eigenvalue weighted by Crippen LogP contribution is 2.42. The number of nitrogens with zero attached hydrogens (tertiary/aromatic N) is 2. The maximum Gasteiger partial charge on any atom is 0.269 e. The molecule has 3 aromatic carbocycles. The molecule has 2 amide bonds. The molecule has 0 spiro atoms. The Labute approximate surface area is 189 Å². The van der Waals surface area contributed by atoms with Crippen LogP contribution in [-0.2, 0) is 11.2 Å². The number of nitrogens with one attached hydrogen (secondary N) is 1. The van der Waals surface area contributed by atoms with Gasteiger partial charge in [-0.25, -0.2) is 0 Å². The summed E-state index contributed by atoms with van der Waals surface area (Å²) in [6.45, 7) is 2.09. The van der Waals surface area contributed by atoms with Crippen molar-refractivity contribution in [2.24, 2.45) is 0 Å². The minimum absolute atomic E-state index is 0.0663. The van der Waals surface area contributed by atoms with Gasteiger partial charge in [0.2, 0.25) is 5.91 Å². The van der Waals surface area contributed by atoms with E-state index in [0.29, 0.717) is 17.0 Å². The number of rotatable bonds is 6. The number of non-ortho nitro benzene ring substituents is 1. The topological polar surface area (TPSA) is 92.6 Å². The summed E-state index contributed by atoms with van der Waals surface area (Å²) in [6.07, 6.45) is 0.944. The Balaban J connectivity index is 1.48.